The van der Waals surface area contributed by atoms with Gasteiger partial charge in [0.2, 0.25) is 0 Å². The Labute approximate surface area is 204 Å². The summed E-state index contributed by atoms with van der Waals surface area (Å²) in [6, 6.07) is 12.5. The van der Waals surface area contributed by atoms with Gasteiger partial charge in [-0.2, -0.15) is 0 Å². The quantitative estimate of drug-likeness (QED) is 0.436. The molecular weight excluding hydrogens is 430 g/mol. The van der Waals surface area contributed by atoms with E-state index in [0.717, 1.165) is 29.3 Å². The summed E-state index contributed by atoms with van der Waals surface area (Å²) < 4.78 is 12.1. The smallest absolute Gasteiger partial charge is 0.180 e. The standard InChI is InChI=1S/C29H38ClNO2/c1-5-32-25-11-22(10-24(30)26(25)33-16-21-8-6-20(2)7-9-21)15-31-29-14-23-12-27(3,18-29)17-28(4,13-23)19-29/h6-11,23,31H,5,12-19H2,1-4H3. The van der Waals surface area contributed by atoms with Gasteiger partial charge in [-0.25, -0.2) is 0 Å². The molecule has 2 aromatic carbocycles. The molecule has 0 spiro atoms. The van der Waals surface area contributed by atoms with Crippen molar-refractivity contribution in [3.63, 3.8) is 0 Å². The second-order valence-corrected chi connectivity index (χ2v) is 12.3. The topological polar surface area (TPSA) is 30.5 Å². The van der Waals surface area contributed by atoms with Crippen molar-refractivity contribution in [3.05, 3.63) is 58.1 Å². The molecule has 0 amide bonds. The van der Waals surface area contributed by atoms with Crippen molar-refractivity contribution in [1.29, 1.82) is 0 Å². The van der Waals surface area contributed by atoms with Crippen LogP contribution in [0.15, 0.2) is 36.4 Å². The summed E-state index contributed by atoms with van der Waals surface area (Å²) in [6.07, 6.45) is 8.15. The molecule has 2 unspecified atom stereocenters. The number of hydrogen-bond donors (Lipinski definition) is 1. The van der Waals surface area contributed by atoms with Crippen LogP contribution in [0, 0.1) is 23.7 Å². The van der Waals surface area contributed by atoms with Crippen LogP contribution in [0.4, 0.5) is 0 Å². The number of nitrogens with one attached hydrogen (secondary N) is 1. The minimum Gasteiger partial charge on any atom is -0.490 e. The maximum atomic E-state index is 6.73. The third-order valence-electron chi connectivity index (χ3n) is 8.17. The predicted molar refractivity (Wildman–Crippen MR) is 135 cm³/mol. The second-order valence-electron chi connectivity index (χ2n) is 11.9. The fourth-order valence-electron chi connectivity index (χ4n) is 7.90. The maximum absolute atomic E-state index is 6.73. The summed E-state index contributed by atoms with van der Waals surface area (Å²) in [5.74, 6) is 2.25. The van der Waals surface area contributed by atoms with Gasteiger partial charge in [-0.15, -0.1) is 0 Å². The highest BCUT2D eigenvalue weighted by molar-refractivity contribution is 6.32. The summed E-state index contributed by atoms with van der Waals surface area (Å²) in [5.41, 5.74) is 4.80. The molecule has 4 aliphatic carbocycles. The van der Waals surface area contributed by atoms with Crippen molar-refractivity contribution in [2.75, 3.05) is 6.61 Å². The first-order valence-electron chi connectivity index (χ1n) is 12.6. The second kappa shape index (κ2) is 8.50. The van der Waals surface area contributed by atoms with Gasteiger partial charge < -0.3 is 14.8 Å². The van der Waals surface area contributed by atoms with E-state index in [1.807, 2.05) is 13.0 Å². The van der Waals surface area contributed by atoms with Crippen LogP contribution in [0.2, 0.25) is 5.02 Å². The van der Waals surface area contributed by atoms with Gasteiger partial charge in [-0.1, -0.05) is 55.3 Å². The van der Waals surface area contributed by atoms with E-state index in [9.17, 15) is 0 Å². The molecule has 4 fully saturated rings. The van der Waals surface area contributed by atoms with Crippen LogP contribution in [0.25, 0.3) is 0 Å². The lowest BCUT2D eigenvalue weighted by atomic mass is 9.43. The number of rotatable bonds is 8. The van der Waals surface area contributed by atoms with Crippen LogP contribution >= 0.6 is 11.6 Å². The van der Waals surface area contributed by atoms with Crippen molar-refractivity contribution in [1.82, 2.24) is 5.32 Å². The first-order valence-corrected chi connectivity index (χ1v) is 13.0. The molecule has 0 heterocycles. The summed E-state index contributed by atoms with van der Waals surface area (Å²) >= 11 is 6.73. The first kappa shape index (κ1) is 23.1. The van der Waals surface area contributed by atoms with Crippen LogP contribution < -0.4 is 14.8 Å². The fraction of sp³-hybridized carbons (Fsp3) is 0.586. The maximum Gasteiger partial charge on any atom is 0.180 e. The van der Waals surface area contributed by atoms with Gasteiger partial charge in [0, 0.05) is 12.1 Å². The van der Waals surface area contributed by atoms with Gasteiger partial charge in [0.05, 0.1) is 11.6 Å². The van der Waals surface area contributed by atoms with Crippen LogP contribution in [0.5, 0.6) is 11.5 Å². The number of halogens is 1. The highest BCUT2D eigenvalue weighted by Gasteiger charge is 2.59. The molecule has 1 N–H and O–H groups in total. The molecule has 0 aliphatic heterocycles. The third-order valence-corrected chi connectivity index (χ3v) is 8.45. The molecule has 0 saturated heterocycles. The molecule has 33 heavy (non-hydrogen) atoms. The Morgan fingerprint density at radius 2 is 1.64 bits per heavy atom. The lowest BCUT2D eigenvalue weighted by Crippen LogP contribution is -2.63. The SMILES string of the molecule is CCOc1cc(CNC23CC4CC(C)(CC(C)(C4)C2)C3)cc(Cl)c1OCc1ccc(C)cc1. The van der Waals surface area contributed by atoms with E-state index < -0.39 is 0 Å². The molecule has 2 atom stereocenters. The zero-order chi connectivity index (χ0) is 23.3. The van der Waals surface area contributed by atoms with Crippen molar-refractivity contribution in [3.8, 4) is 11.5 Å². The average molecular weight is 468 g/mol. The Hall–Kier alpha value is -1.71. The number of hydrogen-bond acceptors (Lipinski definition) is 3. The van der Waals surface area contributed by atoms with Gasteiger partial charge in [-0.3, -0.25) is 0 Å². The van der Waals surface area contributed by atoms with Crippen LogP contribution in [0.3, 0.4) is 0 Å². The molecule has 4 saturated carbocycles. The minimum atomic E-state index is 0.266. The molecular formula is C29H38ClNO2. The predicted octanol–water partition coefficient (Wildman–Crippen LogP) is 7.46. The average Bonchev–Trinajstić information content (AvgIpc) is 2.71. The van der Waals surface area contributed by atoms with E-state index in [2.05, 4.69) is 56.4 Å². The molecule has 0 radical (unpaired) electrons. The Kier molecular flexibility index (Phi) is 5.94. The third kappa shape index (κ3) is 4.77. The summed E-state index contributed by atoms with van der Waals surface area (Å²) in [5, 5.41) is 4.64. The first-order chi connectivity index (χ1) is 15.7. The van der Waals surface area contributed by atoms with Gasteiger partial charge >= 0.3 is 0 Å². The summed E-state index contributed by atoms with van der Waals surface area (Å²) in [4.78, 5) is 0. The van der Waals surface area contributed by atoms with Gasteiger partial charge in [0.15, 0.2) is 11.5 Å². The van der Waals surface area contributed by atoms with E-state index >= 15 is 0 Å². The molecule has 4 bridgehead atoms. The lowest BCUT2D eigenvalue weighted by Gasteiger charge is -2.65. The minimum absolute atomic E-state index is 0.266. The Balaban J connectivity index is 1.31. The number of aryl methyl sites for hydroxylation is 1. The Morgan fingerprint density at radius 3 is 2.27 bits per heavy atom. The summed E-state index contributed by atoms with van der Waals surface area (Å²) in [7, 11) is 0. The van der Waals surface area contributed by atoms with Crippen molar-refractivity contribution in [2.45, 2.75) is 84.9 Å². The van der Waals surface area contributed by atoms with Crippen molar-refractivity contribution < 1.29 is 9.47 Å². The Morgan fingerprint density at radius 1 is 0.939 bits per heavy atom. The zero-order valence-electron chi connectivity index (χ0n) is 20.6. The van der Waals surface area contributed by atoms with Crippen molar-refractivity contribution in [2.24, 2.45) is 16.7 Å². The molecule has 2 aromatic rings. The molecule has 4 heteroatoms. The van der Waals surface area contributed by atoms with Gasteiger partial charge in [0.25, 0.3) is 0 Å². The van der Waals surface area contributed by atoms with Crippen molar-refractivity contribution >= 4 is 11.6 Å². The normalized spacial score (nSPS) is 32.2. The Bertz CT molecular complexity index is 999. The number of benzene rings is 2. The van der Waals surface area contributed by atoms with Crippen LogP contribution in [-0.2, 0) is 13.2 Å². The molecule has 6 rings (SSSR count). The van der Waals surface area contributed by atoms with E-state index in [1.165, 1.54) is 44.1 Å². The van der Waals surface area contributed by atoms with Crippen LogP contribution in [0.1, 0.15) is 76.0 Å². The van der Waals surface area contributed by atoms with E-state index in [-0.39, 0.29) is 5.54 Å². The zero-order valence-corrected chi connectivity index (χ0v) is 21.4. The highest BCUT2D eigenvalue weighted by atomic mass is 35.5. The van der Waals surface area contributed by atoms with E-state index in [4.69, 9.17) is 21.1 Å². The van der Waals surface area contributed by atoms with Crippen LogP contribution in [-0.4, -0.2) is 12.1 Å². The van der Waals surface area contributed by atoms with Gasteiger partial charge in [-0.05, 0) is 92.4 Å². The molecule has 4 aliphatic rings. The highest BCUT2D eigenvalue weighted by Crippen LogP contribution is 2.66. The molecule has 178 valence electrons. The largest absolute Gasteiger partial charge is 0.490 e. The molecule has 0 aromatic heterocycles. The van der Waals surface area contributed by atoms with E-state index in [0.29, 0.717) is 34.8 Å². The van der Waals surface area contributed by atoms with Gasteiger partial charge in [0.1, 0.15) is 6.61 Å². The number of ether oxygens (including phenoxy) is 2. The fourth-order valence-corrected chi connectivity index (χ4v) is 8.19. The monoisotopic (exact) mass is 467 g/mol. The van der Waals surface area contributed by atoms with E-state index in [1.54, 1.807) is 0 Å². The lowest BCUT2D eigenvalue weighted by molar-refractivity contribution is -0.118. The molecule has 3 nitrogen and oxygen atoms in total. The summed E-state index contributed by atoms with van der Waals surface area (Å²) in [6.45, 7) is 11.0.